The van der Waals surface area contributed by atoms with Crippen molar-refractivity contribution in [3.05, 3.63) is 61.2 Å². The molecule has 0 aliphatic carbocycles. The summed E-state index contributed by atoms with van der Waals surface area (Å²) in [6, 6.07) is 14.8. The molecule has 0 unspecified atom stereocenters. The van der Waals surface area contributed by atoms with Crippen LogP contribution >= 0.6 is 0 Å². The molecule has 0 spiro atoms. The molecule has 2 aromatic rings. The van der Waals surface area contributed by atoms with E-state index in [1.165, 1.54) is 0 Å². The van der Waals surface area contributed by atoms with Crippen LogP contribution in [0.4, 0.5) is 11.4 Å². The fourth-order valence-electron chi connectivity index (χ4n) is 2.18. The number of nitrogens with one attached hydrogen (secondary N) is 2. The monoisotopic (exact) mass is 354 g/mol. The maximum atomic E-state index is 12.0. The maximum absolute atomic E-state index is 12.0. The minimum absolute atomic E-state index is 0.114. The first-order chi connectivity index (χ1) is 12.7. The van der Waals surface area contributed by atoms with E-state index in [4.69, 9.17) is 9.47 Å². The number of carbonyl (C=O) groups excluding carboxylic acids is 1. The van der Waals surface area contributed by atoms with E-state index in [-0.39, 0.29) is 12.5 Å². The van der Waals surface area contributed by atoms with Gasteiger partial charge in [-0.05, 0) is 55.0 Å². The fraction of sp³-hybridized carbons (Fsp3) is 0.286. The zero-order valence-electron chi connectivity index (χ0n) is 15.2. The Morgan fingerprint density at radius 3 is 2.23 bits per heavy atom. The molecule has 0 aliphatic rings. The number of ether oxygens (including phenoxy) is 2. The maximum Gasteiger partial charge on any atom is 0.243 e. The van der Waals surface area contributed by atoms with E-state index in [1.807, 2.05) is 48.5 Å². The molecule has 26 heavy (non-hydrogen) atoms. The predicted octanol–water partition coefficient (Wildman–Crippen LogP) is 4.48. The SMILES string of the molecule is C=CCOc1ccc(NCC(=O)Nc2ccc(OCCCC)cc2)cc1. The number of hydrogen-bond donors (Lipinski definition) is 2. The van der Waals surface area contributed by atoms with Gasteiger partial charge in [0.05, 0.1) is 13.2 Å². The van der Waals surface area contributed by atoms with Crippen molar-refractivity contribution in [1.82, 2.24) is 0 Å². The van der Waals surface area contributed by atoms with Crippen LogP contribution in [-0.2, 0) is 4.79 Å². The fourth-order valence-corrected chi connectivity index (χ4v) is 2.18. The van der Waals surface area contributed by atoms with Gasteiger partial charge in [-0.15, -0.1) is 0 Å². The summed E-state index contributed by atoms with van der Waals surface area (Å²) in [5, 5.41) is 5.93. The standard InChI is InChI=1S/C21H26N2O3/c1-3-5-15-26-20-12-8-18(9-13-20)23-21(24)16-22-17-6-10-19(11-7-17)25-14-4-2/h4,6-13,22H,2-3,5,14-16H2,1H3,(H,23,24). The Balaban J connectivity index is 1.75. The first kappa shape index (κ1) is 19.4. The van der Waals surface area contributed by atoms with Crippen LogP contribution in [0.3, 0.4) is 0 Å². The van der Waals surface area contributed by atoms with Crippen molar-refractivity contribution in [2.45, 2.75) is 19.8 Å². The van der Waals surface area contributed by atoms with E-state index in [2.05, 4.69) is 24.1 Å². The third-order valence-electron chi connectivity index (χ3n) is 3.58. The largest absolute Gasteiger partial charge is 0.494 e. The number of carbonyl (C=O) groups is 1. The zero-order chi connectivity index (χ0) is 18.6. The van der Waals surface area contributed by atoms with Crippen LogP contribution in [0, 0.1) is 0 Å². The molecule has 0 radical (unpaired) electrons. The summed E-state index contributed by atoms with van der Waals surface area (Å²) in [7, 11) is 0. The Morgan fingerprint density at radius 2 is 1.62 bits per heavy atom. The Bertz CT molecular complexity index is 681. The highest BCUT2D eigenvalue weighted by atomic mass is 16.5. The third kappa shape index (κ3) is 6.89. The smallest absolute Gasteiger partial charge is 0.243 e. The van der Waals surface area contributed by atoms with Crippen LogP contribution in [0.5, 0.6) is 11.5 Å². The first-order valence-corrected chi connectivity index (χ1v) is 8.81. The molecule has 138 valence electrons. The minimum Gasteiger partial charge on any atom is -0.494 e. The Hall–Kier alpha value is -2.95. The minimum atomic E-state index is -0.114. The second-order valence-corrected chi connectivity index (χ2v) is 5.75. The van der Waals surface area contributed by atoms with Crippen LogP contribution in [-0.4, -0.2) is 25.7 Å². The summed E-state index contributed by atoms with van der Waals surface area (Å²) in [5.74, 6) is 1.46. The van der Waals surface area contributed by atoms with Gasteiger partial charge in [0.25, 0.3) is 0 Å². The van der Waals surface area contributed by atoms with Gasteiger partial charge in [-0.25, -0.2) is 0 Å². The molecule has 5 nitrogen and oxygen atoms in total. The highest BCUT2D eigenvalue weighted by molar-refractivity contribution is 5.93. The number of unbranched alkanes of at least 4 members (excludes halogenated alkanes) is 1. The molecule has 0 saturated carbocycles. The van der Waals surface area contributed by atoms with Crippen molar-refractivity contribution in [1.29, 1.82) is 0 Å². The van der Waals surface area contributed by atoms with Gasteiger partial charge in [0, 0.05) is 11.4 Å². The topological polar surface area (TPSA) is 59.6 Å². The predicted molar refractivity (Wildman–Crippen MR) is 106 cm³/mol. The van der Waals surface area contributed by atoms with Gasteiger partial charge in [-0.3, -0.25) is 4.79 Å². The van der Waals surface area contributed by atoms with E-state index in [9.17, 15) is 4.79 Å². The number of rotatable bonds is 11. The molecule has 0 bridgehead atoms. The normalized spacial score (nSPS) is 10.0. The van der Waals surface area contributed by atoms with E-state index >= 15 is 0 Å². The lowest BCUT2D eigenvalue weighted by Crippen LogP contribution is -2.21. The first-order valence-electron chi connectivity index (χ1n) is 8.81. The van der Waals surface area contributed by atoms with Gasteiger partial charge in [-0.1, -0.05) is 26.0 Å². The van der Waals surface area contributed by atoms with Gasteiger partial charge in [0.1, 0.15) is 18.1 Å². The molecule has 0 atom stereocenters. The molecule has 2 rings (SSSR count). The zero-order valence-corrected chi connectivity index (χ0v) is 15.2. The lowest BCUT2D eigenvalue weighted by molar-refractivity contribution is -0.114. The number of amides is 1. The van der Waals surface area contributed by atoms with Crippen LogP contribution in [0.2, 0.25) is 0 Å². The Labute approximate surface area is 155 Å². The van der Waals surface area contributed by atoms with Crippen molar-refractivity contribution in [2.24, 2.45) is 0 Å². The summed E-state index contributed by atoms with van der Waals surface area (Å²) in [4.78, 5) is 12.0. The van der Waals surface area contributed by atoms with E-state index < -0.39 is 0 Å². The Kier molecular flexibility index (Phi) is 8.06. The average molecular weight is 354 g/mol. The lowest BCUT2D eigenvalue weighted by atomic mass is 10.3. The molecule has 0 aromatic heterocycles. The van der Waals surface area contributed by atoms with E-state index in [1.54, 1.807) is 6.08 Å². The van der Waals surface area contributed by atoms with Crippen LogP contribution in [0.25, 0.3) is 0 Å². The molecule has 2 N–H and O–H groups in total. The second-order valence-electron chi connectivity index (χ2n) is 5.75. The van der Waals surface area contributed by atoms with Crippen molar-refractivity contribution < 1.29 is 14.3 Å². The summed E-state index contributed by atoms with van der Waals surface area (Å²) >= 11 is 0. The van der Waals surface area contributed by atoms with Crippen molar-refractivity contribution in [2.75, 3.05) is 30.4 Å². The molecular formula is C21H26N2O3. The van der Waals surface area contributed by atoms with Crippen molar-refractivity contribution in [3.8, 4) is 11.5 Å². The van der Waals surface area contributed by atoms with Gasteiger partial charge in [0.15, 0.2) is 0 Å². The van der Waals surface area contributed by atoms with Gasteiger partial charge < -0.3 is 20.1 Å². The van der Waals surface area contributed by atoms with Crippen LogP contribution < -0.4 is 20.1 Å². The van der Waals surface area contributed by atoms with Crippen molar-refractivity contribution >= 4 is 17.3 Å². The summed E-state index contributed by atoms with van der Waals surface area (Å²) in [5.41, 5.74) is 1.60. The van der Waals surface area contributed by atoms with Gasteiger partial charge >= 0.3 is 0 Å². The highest BCUT2D eigenvalue weighted by Gasteiger charge is 2.03. The molecule has 0 heterocycles. The quantitative estimate of drug-likeness (QED) is 0.461. The average Bonchev–Trinajstić information content (AvgIpc) is 2.67. The van der Waals surface area contributed by atoms with Gasteiger partial charge in [-0.2, -0.15) is 0 Å². The second kappa shape index (κ2) is 10.8. The molecule has 0 aliphatic heterocycles. The van der Waals surface area contributed by atoms with E-state index in [0.717, 1.165) is 35.7 Å². The Morgan fingerprint density at radius 1 is 1.00 bits per heavy atom. The molecule has 1 amide bonds. The summed E-state index contributed by atoms with van der Waals surface area (Å²) in [6.45, 7) is 7.10. The summed E-state index contributed by atoms with van der Waals surface area (Å²) < 4.78 is 11.0. The molecular weight excluding hydrogens is 328 g/mol. The highest BCUT2D eigenvalue weighted by Crippen LogP contribution is 2.17. The lowest BCUT2D eigenvalue weighted by Gasteiger charge is -2.10. The molecule has 5 heteroatoms. The molecule has 0 fully saturated rings. The molecule has 0 saturated heterocycles. The van der Waals surface area contributed by atoms with Crippen LogP contribution in [0.1, 0.15) is 19.8 Å². The number of benzene rings is 2. The number of hydrogen-bond acceptors (Lipinski definition) is 4. The summed E-state index contributed by atoms with van der Waals surface area (Å²) in [6.07, 6.45) is 3.83. The van der Waals surface area contributed by atoms with Crippen molar-refractivity contribution in [3.63, 3.8) is 0 Å². The molecule has 2 aromatic carbocycles. The number of anilines is 2. The van der Waals surface area contributed by atoms with Crippen LogP contribution in [0.15, 0.2) is 61.2 Å². The van der Waals surface area contributed by atoms with Gasteiger partial charge in [0.2, 0.25) is 5.91 Å². The third-order valence-corrected chi connectivity index (χ3v) is 3.58. The van der Waals surface area contributed by atoms with E-state index in [0.29, 0.717) is 13.2 Å².